The molecule has 0 spiro atoms. The summed E-state index contributed by atoms with van der Waals surface area (Å²) in [5, 5.41) is 2.69. The van der Waals surface area contributed by atoms with E-state index >= 15 is 0 Å². The highest BCUT2D eigenvalue weighted by Gasteiger charge is 2.40. The van der Waals surface area contributed by atoms with Gasteiger partial charge in [0.15, 0.2) is 0 Å². The fraction of sp³-hybridized carbons (Fsp3) is 0.500. The van der Waals surface area contributed by atoms with Crippen molar-refractivity contribution < 1.29 is 14.4 Å². The Labute approximate surface area is 141 Å². The van der Waals surface area contributed by atoms with Crippen LogP contribution in [0.15, 0.2) is 30.3 Å². The van der Waals surface area contributed by atoms with E-state index in [9.17, 15) is 14.4 Å². The molecule has 2 atom stereocenters. The molecular weight excluding hydrogens is 306 g/mol. The summed E-state index contributed by atoms with van der Waals surface area (Å²) in [4.78, 5) is 39.9. The van der Waals surface area contributed by atoms with E-state index in [1.165, 1.54) is 0 Å². The second kappa shape index (κ2) is 7.03. The molecule has 6 heteroatoms. The van der Waals surface area contributed by atoms with Crippen molar-refractivity contribution in [1.29, 1.82) is 0 Å². The van der Waals surface area contributed by atoms with E-state index in [4.69, 9.17) is 0 Å². The number of piperidine rings is 1. The van der Waals surface area contributed by atoms with E-state index in [2.05, 4.69) is 5.32 Å². The molecule has 6 nitrogen and oxygen atoms in total. The first kappa shape index (κ1) is 16.5. The molecule has 2 saturated heterocycles. The van der Waals surface area contributed by atoms with E-state index in [-0.39, 0.29) is 24.4 Å². The number of carbonyl (C=O) groups excluding carboxylic acids is 3. The minimum absolute atomic E-state index is 0.147. The Hall–Kier alpha value is -2.37. The van der Waals surface area contributed by atoms with Gasteiger partial charge in [-0.1, -0.05) is 30.3 Å². The minimum atomic E-state index is -0.591. The maximum absolute atomic E-state index is 12.5. The molecule has 128 valence electrons. The lowest BCUT2D eigenvalue weighted by Crippen LogP contribution is -2.48. The molecule has 0 saturated carbocycles. The van der Waals surface area contributed by atoms with Crippen molar-refractivity contribution in [2.75, 3.05) is 13.1 Å². The number of urea groups is 1. The van der Waals surface area contributed by atoms with Gasteiger partial charge in [0.25, 0.3) is 5.91 Å². The average molecular weight is 329 g/mol. The fourth-order valence-corrected chi connectivity index (χ4v) is 3.41. The molecule has 0 aromatic heterocycles. The average Bonchev–Trinajstić information content (AvgIpc) is 2.83. The summed E-state index contributed by atoms with van der Waals surface area (Å²) in [5.74, 6) is -0.465. The van der Waals surface area contributed by atoms with Crippen molar-refractivity contribution in [2.24, 2.45) is 0 Å². The van der Waals surface area contributed by atoms with Gasteiger partial charge in [0.05, 0.1) is 0 Å². The number of likely N-dealkylation sites (tertiary alicyclic amines) is 1. The number of amides is 4. The first-order valence-electron chi connectivity index (χ1n) is 8.51. The lowest BCUT2D eigenvalue weighted by atomic mass is 10.0. The van der Waals surface area contributed by atoms with Crippen molar-refractivity contribution >= 4 is 17.8 Å². The number of carbonyl (C=O) groups is 3. The standard InChI is InChI=1S/C18H23N3O3/c1-13-7-5-6-10-20(13)16(22)12-21-17(23)15(19-18(21)24)11-14-8-3-2-4-9-14/h2-4,8-9,13,15H,5-7,10-12H2,1H3,(H,19,24). The topological polar surface area (TPSA) is 69.7 Å². The van der Waals surface area contributed by atoms with Crippen LogP contribution in [0.2, 0.25) is 0 Å². The molecule has 0 aliphatic carbocycles. The Balaban J connectivity index is 1.62. The van der Waals surface area contributed by atoms with Gasteiger partial charge < -0.3 is 10.2 Å². The summed E-state index contributed by atoms with van der Waals surface area (Å²) >= 11 is 0. The Morgan fingerprint density at radius 2 is 1.96 bits per heavy atom. The third-order valence-electron chi connectivity index (χ3n) is 4.81. The first-order valence-corrected chi connectivity index (χ1v) is 8.51. The highest BCUT2D eigenvalue weighted by atomic mass is 16.2. The van der Waals surface area contributed by atoms with Crippen LogP contribution in [0, 0.1) is 0 Å². The number of rotatable bonds is 4. The fourth-order valence-electron chi connectivity index (χ4n) is 3.41. The Morgan fingerprint density at radius 3 is 2.67 bits per heavy atom. The molecule has 1 aromatic carbocycles. The monoisotopic (exact) mass is 329 g/mol. The molecular formula is C18H23N3O3. The van der Waals surface area contributed by atoms with Crippen LogP contribution in [0.4, 0.5) is 4.79 Å². The molecule has 2 heterocycles. The Morgan fingerprint density at radius 1 is 1.21 bits per heavy atom. The number of benzene rings is 1. The highest BCUT2D eigenvalue weighted by molar-refractivity contribution is 6.06. The summed E-state index contributed by atoms with van der Waals surface area (Å²) in [7, 11) is 0. The van der Waals surface area contributed by atoms with Gasteiger partial charge in [0.2, 0.25) is 5.91 Å². The zero-order valence-electron chi connectivity index (χ0n) is 13.9. The predicted molar refractivity (Wildman–Crippen MR) is 89.2 cm³/mol. The summed E-state index contributed by atoms with van der Waals surface area (Å²) in [5.41, 5.74) is 0.981. The van der Waals surface area contributed by atoms with Crippen LogP contribution in [0.5, 0.6) is 0 Å². The Bertz CT molecular complexity index is 632. The van der Waals surface area contributed by atoms with E-state index in [0.29, 0.717) is 13.0 Å². The van der Waals surface area contributed by atoms with Crippen LogP contribution in [-0.4, -0.2) is 52.8 Å². The van der Waals surface area contributed by atoms with E-state index < -0.39 is 12.1 Å². The summed E-state index contributed by atoms with van der Waals surface area (Å²) in [6.45, 7) is 2.55. The summed E-state index contributed by atoms with van der Waals surface area (Å²) < 4.78 is 0. The molecule has 2 aliphatic heterocycles. The van der Waals surface area contributed by atoms with E-state index in [0.717, 1.165) is 29.7 Å². The molecule has 2 unspecified atom stereocenters. The smallest absolute Gasteiger partial charge is 0.325 e. The third-order valence-corrected chi connectivity index (χ3v) is 4.81. The SMILES string of the molecule is CC1CCCCN1C(=O)CN1C(=O)NC(Cc2ccccc2)C1=O. The van der Waals surface area contributed by atoms with Crippen LogP contribution in [0.1, 0.15) is 31.7 Å². The van der Waals surface area contributed by atoms with Gasteiger partial charge in [0.1, 0.15) is 12.6 Å². The predicted octanol–water partition coefficient (Wildman–Crippen LogP) is 1.55. The van der Waals surface area contributed by atoms with Crippen molar-refractivity contribution in [2.45, 2.75) is 44.7 Å². The van der Waals surface area contributed by atoms with Crippen molar-refractivity contribution in [1.82, 2.24) is 15.1 Å². The quantitative estimate of drug-likeness (QED) is 0.852. The molecule has 2 aliphatic rings. The zero-order chi connectivity index (χ0) is 17.1. The Kier molecular flexibility index (Phi) is 4.83. The van der Waals surface area contributed by atoms with Gasteiger partial charge in [-0.3, -0.25) is 14.5 Å². The molecule has 4 amide bonds. The van der Waals surface area contributed by atoms with Gasteiger partial charge in [-0.15, -0.1) is 0 Å². The molecule has 0 bridgehead atoms. The third kappa shape index (κ3) is 3.42. The number of nitrogens with one attached hydrogen (secondary N) is 1. The number of imide groups is 1. The van der Waals surface area contributed by atoms with Crippen molar-refractivity contribution in [3.05, 3.63) is 35.9 Å². The van der Waals surface area contributed by atoms with Crippen LogP contribution in [0.3, 0.4) is 0 Å². The molecule has 24 heavy (non-hydrogen) atoms. The number of hydrogen-bond donors (Lipinski definition) is 1. The second-order valence-electron chi connectivity index (χ2n) is 6.55. The highest BCUT2D eigenvalue weighted by Crippen LogP contribution is 2.18. The normalized spacial score (nSPS) is 24.2. The largest absolute Gasteiger partial charge is 0.338 e. The van der Waals surface area contributed by atoms with Crippen LogP contribution in [0.25, 0.3) is 0 Å². The van der Waals surface area contributed by atoms with Crippen LogP contribution >= 0.6 is 0 Å². The molecule has 1 aromatic rings. The van der Waals surface area contributed by atoms with Gasteiger partial charge in [-0.2, -0.15) is 0 Å². The van der Waals surface area contributed by atoms with E-state index in [1.807, 2.05) is 37.3 Å². The maximum Gasteiger partial charge on any atom is 0.325 e. The van der Waals surface area contributed by atoms with Gasteiger partial charge in [-0.05, 0) is 31.7 Å². The molecule has 2 fully saturated rings. The van der Waals surface area contributed by atoms with Crippen LogP contribution < -0.4 is 5.32 Å². The number of nitrogens with zero attached hydrogens (tertiary/aromatic N) is 2. The zero-order valence-corrected chi connectivity index (χ0v) is 13.9. The molecule has 0 radical (unpaired) electrons. The van der Waals surface area contributed by atoms with E-state index in [1.54, 1.807) is 4.90 Å². The first-order chi connectivity index (χ1) is 11.6. The van der Waals surface area contributed by atoms with Crippen LogP contribution in [-0.2, 0) is 16.0 Å². The minimum Gasteiger partial charge on any atom is -0.338 e. The lowest BCUT2D eigenvalue weighted by molar-refractivity contribution is -0.139. The summed E-state index contributed by atoms with van der Waals surface area (Å²) in [6.07, 6.45) is 3.51. The van der Waals surface area contributed by atoms with Gasteiger partial charge in [0, 0.05) is 19.0 Å². The molecule has 1 N–H and O–H groups in total. The van der Waals surface area contributed by atoms with Crippen molar-refractivity contribution in [3.63, 3.8) is 0 Å². The second-order valence-corrected chi connectivity index (χ2v) is 6.55. The van der Waals surface area contributed by atoms with Crippen molar-refractivity contribution in [3.8, 4) is 0 Å². The maximum atomic E-state index is 12.5. The summed E-state index contributed by atoms with van der Waals surface area (Å²) in [6, 6.07) is 8.65. The lowest BCUT2D eigenvalue weighted by Gasteiger charge is -2.34. The number of hydrogen-bond acceptors (Lipinski definition) is 3. The molecule has 3 rings (SSSR count). The van der Waals surface area contributed by atoms with Gasteiger partial charge >= 0.3 is 6.03 Å². The van der Waals surface area contributed by atoms with Gasteiger partial charge in [-0.25, -0.2) is 4.79 Å².